The molecule has 0 spiro atoms. The Balaban J connectivity index is 0.000000655. The molecule has 0 saturated heterocycles. The van der Waals surface area contributed by atoms with Gasteiger partial charge in [-0.1, -0.05) is 96.4 Å². The van der Waals surface area contributed by atoms with Crippen LogP contribution in [0, 0.1) is 35.5 Å². The Hall–Kier alpha value is -3.18. The Kier molecular flexibility index (Phi) is 11.0. The van der Waals surface area contributed by atoms with Crippen LogP contribution in [0.2, 0.25) is 0 Å². The molecule has 8 bridgehead atoms. The van der Waals surface area contributed by atoms with Gasteiger partial charge in [0.1, 0.15) is 0 Å². The van der Waals surface area contributed by atoms with Crippen LogP contribution < -0.4 is 0 Å². The smallest absolute Gasteiger partial charge is 0.260 e. The van der Waals surface area contributed by atoms with E-state index < -0.39 is 5.16 Å². The SMILES string of the molecule is PC(c1ccccn1)(c1ccccn1)c1cc(-c2ccccc2)[c-](-c2ccccc2)c1CP(C12CC3CC(CC(C3)C1)C2)C12CC3CC(CC(C3)C1)C2.[Fe+2].c1cc[cH-]c1. The molecule has 1 atom stereocenters. The van der Waals surface area contributed by atoms with Gasteiger partial charge in [-0.15, -0.1) is 33.0 Å². The minimum atomic E-state index is -0.585. The van der Waals surface area contributed by atoms with E-state index >= 15 is 0 Å². The van der Waals surface area contributed by atoms with Gasteiger partial charge in [0.25, 0.3) is 0 Å². The summed E-state index contributed by atoms with van der Waals surface area (Å²) in [5, 5.41) is 0.480. The first-order valence-corrected chi connectivity index (χ1v) is 24.6. The number of pyridine rings is 2. The van der Waals surface area contributed by atoms with Crippen LogP contribution >= 0.6 is 17.2 Å². The van der Waals surface area contributed by atoms with Gasteiger partial charge in [-0.2, -0.15) is 18.2 Å². The van der Waals surface area contributed by atoms with Crippen LogP contribution in [0.3, 0.4) is 0 Å². The molecule has 2 heterocycles. The average Bonchev–Trinajstić information content (AvgIpc) is 3.96. The predicted molar refractivity (Wildman–Crippen MR) is 245 cm³/mol. The maximum absolute atomic E-state index is 5.16. The number of hydrogen-bond acceptors (Lipinski definition) is 2. The van der Waals surface area contributed by atoms with E-state index in [9.17, 15) is 0 Å². The van der Waals surface area contributed by atoms with Crippen molar-refractivity contribution in [1.82, 2.24) is 9.97 Å². The van der Waals surface area contributed by atoms with Crippen LogP contribution in [0.4, 0.5) is 0 Å². The molecule has 14 rings (SSSR count). The topological polar surface area (TPSA) is 25.8 Å². The third-order valence-corrected chi connectivity index (χ3v) is 20.8. The minimum Gasteiger partial charge on any atom is -0.260 e. The second kappa shape index (κ2) is 16.3. The summed E-state index contributed by atoms with van der Waals surface area (Å²) in [7, 11) is 3.08. The fraction of sp³-hybridized carbons (Fsp3) is 0.407. The summed E-state index contributed by atoms with van der Waals surface area (Å²) in [5.41, 5.74) is 10.6. The van der Waals surface area contributed by atoms with E-state index in [1.54, 1.807) is 5.56 Å². The molecule has 8 aliphatic carbocycles. The molecule has 6 aromatic rings. The molecule has 8 saturated carbocycles. The molecular weight excluding hydrogens is 794 g/mol. The Morgan fingerprint density at radius 2 is 1.03 bits per heavy atom. The quantitative estimate of drug-likeness (QED) is 0.0823. The van der Waals surface area contributed by atoms with Crippen molar-refractivity contribution in [3.05, 3.63) is 168 Å². The van der Waals surface area contributed by atoms with Crippen molar-refractivity contribution < 1.29 is 17.1 Å². The zero-order chi connectivity index (χ0) is 38.7. The summed E-state index contributed by atoms with van der Waals surface area (Å²) in [6.45, 7) is 0. The van der Waals surface area contributed by atoms with Crippen molar-refractivity contribution in [3.8, 4) is 22.3 Å². The van der Waals surface area contributed by atoms with E-state index in [0.717, 1.165) is 46.9 Å². The van der Waals surface area contributed by atoms with Gasteiger partial charge < -0.3 is 0 Å². The van der Waals surface area contributed by atoms with Crippen LogP contribution in [0.25, 0.3) is 22.3 Å². The van der Waals surface area contributed by atoms with E-state index in [4.69, 9.17) is 9.97 Å². The first kappa shape index (κ1) is 39.9. The number of aromatic nitrogens is 2. The molecule has 0 aliphatic heterocycles. The molecule has 302 valence electrons. The standard InChI is InChI=1S/C49H53N2P2.C5H5.Fe/c52-49(44-15-7-9-17-50-44,45-16-8-10-18-51-45)43-25-41(39-11-3-1-4-12-39)46(40-13-5-2-6-14-40)42(43)32-53(47-26-33-19-34(27-47)21-35(20-33)28-47)48-29-36-22-37(30-48)24-38(23-36)31-48;1-2-4-5-3-1;/h1-18,25,33-38H,19-24,26-32,52H2;1-5H;/q2*-1;+2. The van der Waals surface area contributed by atoms with E-state index in [2.05, 4.69) is 112 Å². The third-order valence-electron chi connectivity index (χ3n) is 15.9. The molecule has 2 nitrogen and oxygen atoms in total. The first-order valence-electron chi connectivity index (χ1n) is 22.5. The fourth-order valence-electron chi connectivity index (χ4n) is 14.6. The Morgan fingerprint density at radius 1 is 0.593 bits per heavy atom. The number of nitrogens with zero attached hydrogens (tertiary/aromatic N) is 2. The molecule has 0 N–H and O–H groups in total. The van der Waals surface area contributed by atoms with Crippen molar-refractivity contribution >= 4 is 17.2 Å². The van der Waals surface area contributed by atoms with Gasteiger partial charge in [-0.25, -0.2) is 12.1 Å². The summed E-state index contributed by atoms with van der Waals surface area (Å²) in [6, 6.07) is 48.3. The van der Waals surface area contributed by atoms with Crippen LogP contribution in [-0.4, -0.2) is 20.3 Å². The molecule has 0 amide bonds. The van der Waals surface area contributed by atoms with Crippen LogP contribution in [0.1, 0.15) is 99.6 Å². The van der Waals surface area contributed by atoms with E-state index in [1.807, 2.05) is 42.7 Å². The average molecular weight is 853 g/mol. The van der Waals surface area contributed by atoms with E-state index in [1.165, 1.54) is 111 Å². The molecule has 1 unspecified atom stereocenters. The second-order valence-electron chi connectivity index (χ2n) is 19.6. The monoisotopic (exact) mass is 852 g/mol. The van der Waals surface area contributed by atoms with Gasteiger partial charge in [0.15, 0.2) is 0 Å². The molecule has 4 aromatic carbocycles. The maximum atomic E-state index is 5.16. The molecule has 5 heteroatoms. The fourth-order valence-corrected chi connectivity index (χ4v) is 20.4. The Bertz CT molecular complexity index is 2130. The van der Waals surface area contributed by atoms with Gasteiger partial charge in [0, 0.05) is 12.4 Å². The van der Waals surface area contributed by atoms with Crippen molar-refractivity contribution in [2.45, 2.75) is 98.7 Å². The Morgan fingerprint density at radius 3 is 1.44 bits per heavy atom. The molecule has 8 fully saturated rings. The summed E-state index contributed by atoms with van der Waals surface area (Å²) in [6.07, 6.45) is 23.4. The van der Waals surface area contributed by atoms with Crippen molar-refractivity contribution in [2.75, 3.05) is 0 Å². The zero-order valence-electron chi connectivity index (χ0n) is 34.3. The van der Waals surface area contributed by atoms with E-state index in [0.29, 0.717) is 10.3 Å². The first-order chi connectivity index (χ1) is 28.5. The summed E-state index contributed by atoms with van der Waals surface area (Å²) < 4.78 is 0. The normalized spacial score (nSPS) is 30.3. The molecule has 0 radical (unpaired) electrons. The number of benzene rings is 2. The van der Waals surface area contributed by atoms with Crippen LogP contribution in [-0.2, 0) is 28.4 Å². The minimum absolute atomic E-state index is 0. The van der Waals surface area contributed by atoms with Crippen molar-refractivity contribution in [2.24, 2.45) is 35.5 Å². The van der Waals surface area contributed by atoms with Crippen molar-refractivity contribution in [1.29, 1.82) is 0 Å². The van der Waals surface area contributed by atoms with Gasteiger partial charge in [0.2, 0.25) is 0 Å². The number of hydrogen-bond donors (Lipinski definition) is 0. The van der Waals surface area contributed by atoms with Gasteiger partial charge in [-0.3, -0.25) is 9.97 Å². The summed E-state index contributed by atoms with van der Waals surface area (Å²) in [4.78, 5) is 10.3. The number of rotatable bonds is 9. The summed E-state index contributed by atoms with van der Waals surface area (Å²) >= 11 is 0. The van der Waals surface area contributed by atoms with Crippen LogP contribution in [0.15, 0.2) is 146 Å². The maximum Gasteiger partial charge on any atom is 2.00 e. The van der Waals surface area contributed by atoms with Gasteiger partial charge >= 0.3 is 17.1 Å². The molecule has 2 aromatic heterocycles. The van der Waals surface area contributed by atoms with Gasteiger partial charge in [-0.05, 0) is 153 Å². The van der Waals surface area contributed by atoms with Gasteiger partial charge in [0.05, 0.1) is 16.5 Å². The predicted octanol–water partition coefficient (Wildman–Crippen LogP) is 14.0. The molecule has 59 heavy (non-hydrogen) atoms. The summed E-state index contributed by atoms with van der Waals surface area (Å²) in [5.74, 6) is 5.81. The molecule has 8 aliphatic rings. The Labute approximate surface area is 367 Å². The van der Waals surface area contributed by atoms with Crippen molar-refractivity contribution in [3.63, 3.8) is 0 Å². The molecular formula is C54H58FeN2P2. The largest absolute Gasteiger partial charge is 2.00 e. The zero-order valence-corrected chi connectivity index (χ0v) is 37.4. The van der Waals surface area contributed by atoms with E-state index in [-0.39, 0.29) is 25.0 Å². The second-order valence-corrected chi connectivity index (χ2v) is 23.6. The van der Waals surface area contributed by atoms with Crippen LogP contribution in [0.5, 0.6) is 0 Å². The third kappa shape index (κ3) is 7.19.